The van der Waals surface area contributed by atoms with Gasteiger partial charge in [-0.2, -0.15) is 0 Å². The van der Waals surface area contributed by atoms with Crippen LogP contribution in [0.25, 0.3) is 11.0 Å². The molecule has 2 nitrogen and oxygen atoms in total. The third kappa shape index (κ3) is 1.05. The highest BCUT2D eigenvalue weighted by Crippen LogP contribution is 2.21. The van der Waals surface area contributed by atoms with Crippen molar-refractivity contribution in [2.24, 2.45) is 0 Å². The summed E-state index contributed by atoms with van der Waals surface area (Å²) in [5.74, 6) is 0. The number of aromatic amines is 1. The highest BCUT2D eigenvalue weighted by Gasteiger charge is 2.04. The van der Waals surface area contributed by atoms with Crippen molar-refractivity contribution in [2.75, 3.05) is 0 Å². The number of hydrogen-bond acceptors (Lipinski definition) is 1. The fraction of sp³-hybridized carbons (Fsp3) is 0.222. The van der Waals surface area contributed by atoms with Crippen LogP contribution in [0, 0.1) is 13.8 Å². The summed E-state index contributed by atoms with van der Waals surface area (Å²) in [5.41, 5.74) is 4.60. The molecular formula is C9H9BrN2. The molecule has 2 heterocycles. The first-order valence-corrected chi connectivity index (χ1v) is 4.58. The monoisotopic (exact) mass is 224 g/mol. The molecule has 2 aromatic heterocycles. The first-order valence-electron chi connectivity index (χ1n) is 3.79. The number of rotatable bonds is 0. The normalized spacial score (nSPS) is 10.9. The lowest BCUT2D eigenvalue weighted by atomic mass is 10.2. The number of nitrogens with one attached hydrogen (secondary N) is 1. The molecule has 0 atom stereocenters. The van der Waals surface area contributed by atoms with Gasteiger partial charge in [0.2, 0.25) is 0 Å². The SMILES string of the molecule is Cc1c[nH]c2c(C)cc(Br)nc12. The van der Waals surface area contributed by atoms with Gasteiger partial charge < -0.3 is 4.98 Å². The molecule has 0 fully saturated rings. The molecule has 3 heteroatoms. The Bertz CT molecular complexity index is 431. The Labute approximate surface area is 79.1 Å². The van der Waals surface area contributed by atoms with Gasteiger partial charge in [0.15, 0.2) is 0 Å². The standard InChI is InChI=1S/C9H9BrN2/c1-5-3-7(10)12-9-6(2)4-11-8(5)9/h3-4,11H,1-2H3. The number of pyridine rings is 1. The van der Waals surface area contributed by atoms with Gasteiger partial charge in [-0.25, -0.2) is 4.98 Å². The maximum atomic E-state index is 4.38. The average molecular weight is 225 g/mol. The Morgan fingerprint density at radius 1 is 1.33 bits per heavy atom. The summed E-state index contributed by atoms with van der Waals surface area (Å²) >= 11 is 3.38. The van der Waals surface area contributed by atoms with Crippen LogP contribution in [0.4, 0.5) is 0 Å². The lowest BCUT2D eigenvalue weighted by molar-refractivity contribution is 1.30. The molecule has 0 amide bonds. The maximum Gasteiger partial charge on any atom is 0.107 e. The zero-order valence-electron chi connectivity index (χ0n) is 6.98. The van der Waals surface area contributed by atoms with Gasteiger partial charge in [0.05, 0.1) is 11.0 Å². The number of aromatic nitrogens is 2. The molecule has 0 radical (unpaired) electrons. The van der Waals surface area contributed by atoms with E-state index in [9.17, 15) is 0 Å². The van der Waals surface area contributed by atoms with Gasteiger partial charge in [0.25, 0.3) is 0 Å². The first kappa shape index (κ1) is 7.80. The van der Waals surface area contributed by atoms with Crippen molar-refractivity contribution in [3.8, 4) is 0 Å². The number of fused-ring (bicyclic) bond motifs is 1. The summed E-state index contributed by atoms with van der Waals surface area (Å²) in [6, 6.07) is 2.01. The van der Waals surface area contributed by atoms with Crippen LogP contribution in [0.2, 0.25) is 0 Å². The zero-order valence-corrected chi connectivity index (χ0v) is 8.57. The number of H-pyrrole nitrogens is 1. The molecule has 0 bridgehead atoms. The summed E-state index contributed by atoms with van der Waals surface area (Å²) in [4.78, 5) is 7.58. The van der Waals surface area contributed by atoms with Crippen molar-refractivity contribution in [1.29, 1.82) is 0 Å². The Hall–Kier alpha value is -0.830. The fourth-order valence-electron chi connectivity index (χ4n) is 1.35. The molecule has 0 aliphatic carbocycles. The van der Waals surface area contributed by atoms with Gasteiger partial charge >= 0.3 is 0 Å². The summed E-state index contributed by atoms with van der Waals surface area (Å²) in [5, 5.41) is 0. The average Bonchev–Trinajstić information content (AvgIpc) is 2.33. The van der Waals surface area contributed by atoms with E-state index in [0.29, 0.717) is 0 Å². The van der Waals surface area contributed by atoms with Gasteiger partial charge in [-0.3, -0.25) is 0 Å². The van der Waals surface area contributed by atoms with Gasteiger partial charge in [-0.05, 0) is 47.0 Å². The quantitative estimate of drug-likeness (QED) is 0.686. The van der Waals surface area contributed by atoms with E-state index in [1.54, 1.807) is 0 Å². The van der Waals surface area contributed by atoms with E-state index in [0.717, 1.165) is 15.6 Å². The largest absolute Gasteiger partial charge is 0.359 e. The number of halogens is 1. The zero-order chi connectivity index (χ0) is 8.72. The van der Waals surface area contributed by atoms with E-state index in [1.165, 1.54) is 11.1 Å². The lowest BCUT2D eigenvalue weighted by Crippen LogP contribution is -1.82. The second-order valence-corrected chi connectivity index (χ2v) is 3.77. The van der Waals surface area contributed by atoms with Crippen molar-refractivity contribution >= 4 is 27.0 Å². The Kier molecular flexibility index (Phi) is 1.68. The van der Waals surface area contributed by atoms with Crippen LogP contribution in [-0.4, -0.2) is 9.97 Å². The molecule has 0 aromatic carbocycles. The van der Waals surface area contributed by atoms with Crippen LogP contribution in [0.5, 0.6) is 0 Å². The van der Waals surface area contributed by atoms with Crippen molar-refractivity contribution < 1.29 is 0 Å². The fourth-order valence-corrected chi connectivity index (χ4v) is 1.87. The summed E-state index contributed by atoms with van der Waals surface area (Å²) in [7, 11) is 0. The minimum absolute atomic E-state index is 0.898. The highest BCUT2D eigenvalue weighted by molar-refractivity contribution is 9.10. The van der Waals surface area contributed by atoms with E-state index < -0.39 is 0 Å². The van der Waals surface area contributed by atoms with Crippen LogP contribution < -0.4 is 0 Å². The van der Waals surface area contributed by atoms with Crippen LogP contribution in [0.3, 0.4) is 0 Å². The minimum atomic E-state index is 0.898. The van der Waals surface area contributed by atoms with Gasteiger partial charge in [-0.15, -0.1) is 0 Å². The van der Waals surface area contributed by atoms with Crippen molar-refractivity contribution in [3.05, 3.63) is 28.0 Å². The molecule has 0 saturated heterocycles. The van der Waals surface area contributed by atoms with E-state index in [2.05, 4.69) is 39.7 Å². The molecule has 0 aliphatic heterocycles. The number of aryl methyl sites for hydroxylation is 2. The van der Waals surface area contributed by atoms with Crippen LogP contribution in [0.1, 0.15) is 11.1 Å². The molecule has 0 saturated carbocycles. The second-order valence-electron chi connectivity index (χ2n) is 2.96. The molecule has 2 rings (SSSR count). The van der Waals surface area contributed by atoms with E-state index in [1.807, 2.05) is 12.3 Å². The topological polar surface area (TPSA) is 28.7 Å². The molecule has 2 aromatic rings. The van der Waals surface area contributed by atoms with Gasteiger partial charge in [0, 0.05) is 6.20 Å². The summed E-state index contributed by atoms with van der Waals surface area (Å²) in [6.07, 6.45) is 1.98. The summed E-state index contributed by atoms with van der Waals surface area (Å²) in [6.45, 7) is 4.13. The van der Waals surface area contributed by atoms with Gasteiger partial charge in [0.1, 0.15) is 4.60 Å². The van der Waals surface area contributed by atoms with Crippen LogP contribution >= 0.6 is 15.9 Å². The molecule has 0 unspecified atom stereocenters. The molecule has 12 heavy (non-hydrogen) atoms. The Morgan fingerprint density at radius 2 is 2.08 bits per heavy atom. The Morgan fingerprint density at radius 3 is 2.83 bits per heavy atom. The molecule has 1 N–H and O–H groups in total. The van der Waals surface area contributed by atoms with Crippen LogP contribution in [-0.2, 0) is 0 Å². The smallest absolute Gasteiger partial charge is 0.107 e. The van der Waals surface area contributed by atoms with Crippen molar-refractivity contribution in [3.63, 3.8) is 0 Å². The van der Waals surface area contributed by atoms with Crippen molar-refractivity contribution in [2.45, 2.75) is 13.8 Å². The first-order chi connectivity index (χ1) is 5.68. The lowest BCUT2D eigenvalue weighted by Gasteiger charge is -1.97. The predicted molar refractivity (Wildman–Crippen MR) is 53.3 cm³/mol. The third-order valence-electron chi connectivity index (χ3n) is 1.99. The summed E-state index contributed by atoms with van der Waals surface area (Å²) < 4.78 is 0.898. The van der Waals surface area contributed by atoms with E-state index in [-0.39, 0.29) is 0 Å². The second kappa shape index (κ2) is 2.59. The predicted octanol–water partition coefficient (Wildman–Crippen LogP) is 2.94. The Balaban J connectivity index is 2.92. The van der Waals surface area contributed by atoms with E-state index >= 15 is 0 Å². The maximum absolute atomic E-state index is 4.38. The van der Waals surface area contributed by atoms with Crippen molar-refractivity contribution in [1.82, 2.24) is 9.97 Å². The molecule has 0 spiro atoms. The third-order valence-corrected chi connectivity index (χ3v) is 2.40. The molecule has 0 aliphatic rings. The minimum Gasteiger partial charge on any atom is -0.359 e. The highest BCUT2D eigenvalue weighted by atomic mass is 79.9. The molecular weight excluding hydrogens is 216 g/mol. The van der Waals surface area contributed by atoms with E-state index in [4.69, 9.17) is 0 Å². The number of hydrogen-bond donors (Lipinski definition) is 1. The van der Waals surface area contributed by atoms with Gasteiger partial charge in [-0.1, -0.05) is 0 Å². The molecule has 62 valence electrons. The number of nitrogens with zero attached hydrogens (tertiary/aromatic N) is 1. The van der Waals surface area contributed by atoms with Crippen LogP contribution in [0.15, 0.2) is 16.9 Å².